The fourth-order valence-corrected chi connectivity index (χ4v) is 2.58. The van der Waals surface area contributed by atoms with E-state index in [4.69, 9.17) is 10.5 Å². The highest BCUT2D eigenvalue weighted by Crippen LogP contribution is 2.31. The number of aryl methyl sites for hydroxylation is 2. The summed E-state index contributed by atoms with van der Waals surface area (Å²) in [5, 5.41) is 0. The molecule has 0 aliphatic carbocycles. The summed E-state index contributed by atoms with van der Waals surface area (Å²) in [6.45, 7) is 4.63. The topological polar surface area (TPSA) is 35.2 Å². The molecule has 0 saturated heterocycles. The van der Waals surface area contributed by atoms with Crippen molar-refractivity contribution in [3.05, 3.63) is 64.5 Å². The lowest BCUT2D eigenvalue weighted by Gasteiger charge is -2.20. The van der Waals surface area contributed by atoms with Gasteiger partial charge in [0.15, 0.2) is 0 Å². The molecule has 2 aromatic rings. The van der Waals surface area contributed by atoms with Crippen LogP contribution < -0.4 is 10.5 Å². The Morgan fingerprint density at radius 2 is 1.86 bits per heavy atom. The predicted molar refractivity (Wildman–Crippen MR) is 84.4 cm³/mol. The number of methoxy groups -OCH3 is 1. The third-order valence-corrected chi connectivity index (χ3v) is 3.94. The number of nitrogens with two attached hydrogens (primary N) is 1. The molecule has 2 N–H and O–H groups in total. The minimum atomic E-state index is -0.213. The third kappa shape index (κ3) is 3.61. The molecular weight excluding hydrogens is 265 g/mol. The van der Waals surface area contributed by atoms with Gasteiger partial charge in [-0.2, -0.15) is 0 Å². The summed E-state index contributed by atoms with van der Waals surface area (Å²) in [4.78, 5) is 0. The molecule has 0 aromatic heterocycles. The average molecular weight is 287 g/mol. The highest BCUT2D eigenvalue weighted by atomic mass is 19.1. The Balaban J connectivity index is 2.35. The molecule has 0 aliphatic heterocycles. The van der Waals surface area contributed by atoms with E-state index in [2.05, 4.69) is 19.9 Å². The number of hydrogen-bond acceptors (Lipinski definition) is 2. The Morgan fingerprint density at radius 3 is 2.48 bits per heavy atom. The smallest absolute Gasteiger partial charge is 0.123 e. The van der Waals surface area contributed by atoms with E-state index in [0.29, 0.717) is 13.0 Å². The number of hydrogen-bond donors (Lipinski definition) is 1. The molecule has 0 heterocycles. The van der Waals surface area contributed by atoms with Gasteiger partial charge >= 0.3 is 0 Å². The van der Waals surface area contributed by atoms with Crippen LogP contribution in [0.4, 0.5) is 4.39 Å². The highest BCUT2D eigenvalue weighted by molar-refractivity contribution is 5.44. The molecule has 0 aliphatic rings. The number of benzene rings is 2. The maximum absolute atomic E-state index is 13.3. The van der Waals surface area contributed by atoms with E-state index >= 15 is 0 Å². The van der Waals surface area contributed by atoms with Crippen LogP contribution in [0.2, 0.25) is 0 Å². The van der Waals surface area contributed by atoms with E-state index in [0.717, 1.165) is 16.9 Å². The first-order valence-electron chi connectivity index (χ1n) is 7.14. The summed E-state index contributed by atoms with van der Waals surface area (Å²) in [5.41, 5.74) is 10.4. The minimum Gasteiger partial charge on any atom is -0.496 e. The Hall–Kier alpha value is -1.87. The molecule has 1 atom stereocenters. The zero-order valence-electron chi connectivity index (χ0n) is 12.8. The van der Waals surface area contributed by atoms with Crippen molar-refractivity contribution in [3.63, 3.8) is 0 Å². The third-order valence-electron chi connectivity index (χ3n) is 3.94. The van der Waals surface area contributed by atoms with Crippen LogP contribution in [0.3, 0.4) is 0 Å². The maximum atomic E-state index is 13.3. The summed E-state index contributed by atoms with van der Waals surface area (Å²) >= 11 is 0. The van der Waals surface area contributed by atoms with Crippen molar-refractivity contribution in [2.24, 2.45) is 5.73 Å². The lowest BCUT2D eigenvalue weighted by atomic mass is 9.89. The van der Waals surface area contributed by atoms with Crippen LogP contribution in [0.5, 0.6) is 5.75 Å². The average Bonchev–Trinajstić information content (AvgIpc) is 2.47. The van der Waals surface area contributed by atoms with Crippen LogP contribution >= 0.6 is 0 Å². The Morgan fingerprint density at radius 1 is 1.14 bits per heavy atom. The normalized spacial score (nSPS) is 12.2. The molecule has 2 nitrogen and oxygen atoms in total. The first-order valence-corrected chi connectivity index (χ1v) is 7.14. The van der Waals surface area contributed by atoms with Gasteiger partial charge in [0.05, 0.1) is 7.11 Å². The molecule has 0 fully saturated rings. The van der Waals surface area contributed by atoms with Crippen molar-refractivity contribution in [2.45, 2.75) is 26.2 Å². The summed E-state index contributed by atoms with van der Waals surface area (Å²) in [5.74, 6) is 0.751. The van der Waals surface area contributed by atoms with Gasteiger partial charge in [-0.1, -0.05) is 18.2 Å². The van der Waals surface area contributed by atoms with E-state index in [1.807, 2.05) is 12.1 Å². The zero-order valence-corrected chi connectivity index (χ0v) is 12.8. The van der Waals surface area contributed by atoms with Crippen molar-refractivity contribution in [2.75, 3.05) is 13.7 Å². The molecule has 0 saturated carbocycles. The predicted octanol–water partition coefficient (Wildman–Crippen LogP) is 3.74. The van der Waals surface area contributed by atoms with Gasteiger partial charge in [-0.05, 0) is 67.3 Å². The molecule has 3 heteroatoms. The Kier molecular flexibility index (Phi) is 4.97. The molecule has 0 spiro atoms. The molecule has 2 rings (SSSR count). The van der Waals surface area contributed by atoms with E-state index in [1.54, 1.807) is 19.2 Å². The molecule has 0 amide bonds. The molecule has 112 valence electrons. The molecule has 2 aromatic carbocycles. The van der Waals surface area contributed by atoms with Crippen LogP contribution in [-0.2, 0) is 6.42 Å². The maximum Gasteiger partial charge on any atom is 0.123 e. The van der Waals surface area contributed by atoms with Gasteiger partial charge in [0.25, 0.3) is 0 Å². The Labute approximate surface area is 125 Å². The SMILES string of the molecule is COc1cc(C)c(C)cc1C(CN)Cc1cccc(F)c1. The van der Waals surface area contributed by atoms with Crippen LogP contribution in [0.15, 0.2) is 36.4 Å². The van der Waals surface area contributed by atoms with E-state index in [9.17, 15) is 4.39 Å². The molecule has 0 bridgehead atoms. The summed E-state index contributed by atoms with van der Waals surface area (Å²) in [6, 6.07) is 10.9. The molecular formula is C18H22FNO. The van der Waals surface area contributed by atoms with Crippen LogP contribution in [0.1, 0.15) is 28.2 Å². The van der Waals surface area contributed by atoms with Crippen LogP contribution in [0.25, 0.3) is 0 Å². The van der Waals surface area contributed by atoms with E-state index in [-0.39, 0.29) is 11.7 Å². The highest BCUT2D eigenvalue weighted by Gasteiger charge is 2.17. The fraction of sp³-hybridized carbons (Fsp3) is 0.333. The monoisotopic (exact) mass is 287 g/mol. The number of halogens is 1. The second-order valence-electron chi connectivity index (χ2n) is 5.45. The van der Waals surface area contributed by atoms with Gasteiger partial charge in [-0.15, -0.1) is 0 Å². The standard InChI is InChI=1S/C18H22FNO/c1-12-7-17(18(21-3)8-13(12)2)15(11-20)9-14-5-4-6-16(19)10-14/h4-8,10,15H,9,11,20H2,1-3H3. The first-order chi connectivity index (χ1) is 10.0. The lowest BCUT2D eigenvalue weighted by Crippen LogP contribution is -2.16. The lowest BCUT2D eigenvalue weighted by molar-refractivity contribution is 0.404. The van der Waals surface area contributed by atoms with Gasteiger partial charge in [-0.25, -0.2) is 4.39 Å². The fourth-order valence-electron chi connectivity index (χ4n) is 2.58. The second-order valence-corrected chi connectivity index (χ2v) is 5.45. The van der Waals surface area contributed by atoms with Crippen LogP contribution in [-0.4, -0.2) is 13.7 Å². The number of ether oxygens (including phenoxy) is 1. The van der Waals surface area contributed by atoms with Gasteiger partial charge in [0, 0.05) is 5.92 Å². The zero-order chi connectivity index (χ0) is 15.4. The van der Waals surface area contributed by atoms with Crippen molar-refractivity contribution in [3.8, 4) is 5.75 Å². The van der Waals surface area contributed by atoms with Gasteiger partial charge in [-0.3, -0.25) is 0 Å². The summed E-state index contributed by atoms with van der Waals surface area (Å²) < 4.78 is 18.8. The van der Waals surface area contributed by atoms with Gasteiger partial charge < -0.3 is 10.5 Å². The largest absolute Gasteiger partial charge is 0.496 e. The van der Waals surface area contributed by atoms with Gasteiger partial charge in [0.1, 0.15) is 11.6 Å². The summed E-state index contributed by atoms with van der Waals surface area (Å²) in [7, 11) is 1.67. The van der Waals surface area contributed by atoms with Gasteiger partial charge in [0.2, 0.25) is 0 Å². The Bertz CT molecular complexity index is 625. The van der Waals surface area contributed by atoms with E-state index < -0.39 is 0 Å². The molecule has 21 heavy (non-hydrogen) atoms. The quantitative estimate of drug-likeness (QED) is 0.909. The number of rotatable bonds is 5. The second kappa shape index (κ2) is 6.72. The first kappa shape index (κ1) is 15.5. The minimum absolute atomic E-state index is 0.112. The summed E-state index contributed by atoms with van der Waals surface area (Å²) in [6.07, 6.45) is 0.702. The van der Waals surface area contributed by atoms with Crippen molar-refractivity contribution in [1.29, 1.82) is 0 Å². The van der Waals surface area contributed by atoms with Crippen molar-refractivity contribution >= 4 is 0 Å². The molecule has 1 unspecified atom stereocenters. The van der Waals surface area contributed by atoms with E-state index in [1.165, 1.54) is 17.2 Å². The molecule has 0 radical (unpaired) electrons. The van der Waals surface area contributed by atoms with Crippen molar-refractivity contribution in [1.82, 2.24) is 0 Å². The van der Waals surface area contributed by atoms with Crippen molar-refractivity contribution < 1.29 is 9.13 Å². The van der Waals surface area contributed by atoms with Crippen LogP contribution in [0, 0.1) is 19.7 Å².